The van der Waals surface area contributed by atoms with Crippen LogP contribution in [-0.4, -0.2) is 59.2 Å². The largest absolute Gasteiger partial charge is 0.495 e. The van der Waals surface area contributed by atoms with E-state index in [-0.39, 0.29) is 24.4 Å². The molecular weight excluding hydrogens is 544 g/mol. The summed E-state index contributed by atoms with van der Waals surface area (Å²) in [6, 6.07) is 24.6. The van der Waals surface area contributed by atoms with Crippen LogP contribution in [0.3, 0.4) is 0 Å². The van der Waals surface area contributed by atoms with Gasteiger partial charge < -0.3 is 4.74 Å². The van der Waals surface area contributed by atoms with Gasteiger partial charge in [0.25, 0.3) is 17.7 Å². The molecule has 0 bridgehead atoms. The normalized spacial score (nSPS) is 25.3. The van der Waals surface area contributed by atoms with E-state index in [0.717, 1.165) is 46.6 Å². The first-order chi connectivity index (χ1) is 21.0. The lowest BCUT2D eigenvalue weighted by molar-refractivity contribution is -0.136. The van der Waals surface area contributed by atoms with E-state index in [1.54, 1.807) is 29.3 Å². The molecule has 0 N–H and O–H groups in total. The first-order valence-electron chi connectivity index (χ1n) is 14.4. The quantitative estimate of drug-likeness (QED) is 0.393. The minimum absolute atomic E-state index is 0.0405. The molecule has 1 saturated carbocycles. The molecule has 0 aromatic heterocycles. The number of allylic oxidation sites excluding steroid dienone is 1. The Labute approximate surface area is 248 Å². The van der Waals surface area contributed by atoms with Crippen molar-refractivity contribution in [1.82, 2.24) is 10.0 Å². The molecule has 3 heterocycles. The molecule has 1 saturated heterocycles. The number of imide groups is 1. The van der Waals surface area contributed by atoms with Crippen LogP contribution in [0.4, 0.5) is 5.69 Å². The molecule has 0 spiro atoms. The third-order valence-electron chi connectivity index (χ3n) is 8.52. The number of ether oxygens (including phenoxy) is 1. The number of nitrogens with zero attached hydrogens (tertiary/aromatic N) is 6. The third kappa shape index (κ3) is 4.59. The topological polar surface area (TPSA) is 107 Å². The van der Waals surface area contributed by atoms with E-state index in [4.69, 9.17) is 9.84 Å². The lowest BCUT2D eigenvalue weighted by atomic mass is 9.77. The first-order valence-corrected chi connectivity index (χ1v) is 14.4. The summed E-state index contributed by atoms with van der Waals surface area (Å²) < 4.78 is 5.39. The molecule has 7 rings (SSSR count). The van der Waals surface area contributed by atoms with Crippen LogP contribution in [0.2, 0.25) is 0 Å². The van der Waals surface area contributed by atoms with Crippen LogP contribution in [-0.2, 0) is 14.4 Å². The molecule has 3 amide bonds. The maximum absolute atomic E-state index is 14.0. The van der Waals surface area contributed by atoms with E-state index in [2.05, 4.69) is 28.5 Å². The smallest absolute Gasteiger partial charge is 0.264 e. The lowest BCUT2D eigenvalue weighted by Gasteiger charge is -2.30. The van der Waals surface area contributed by atoms with E-state index < -0.39 is 23.9 Å². The predicted molar refractivity (Wildman–Crippen MR) is 160 cm³/mol. The standard InChI is InChI=1S/C33H30N6O4/c1-43-26-18-9-8-17-25(26)38-32(41)29-31(33(38)42)37(36-34-29)20-27(40)39-30(22-13-6-3-7-14-22)24-16-10-15-23(28(24)35-39)19-21-11-4-2-5-12-21/h2-9,11-14,17-19,24,29-31H,10,15-16,20H2,1H3/b23-19+/t24-,29+,30-,31+/m1/s1. The van der Waals surface area contributed by atoms with Crippen LogP contribution in [0.5, 0.6) is 5.75 Å². The van der Waals surface area contributed by atoms with Gasteiger partial charge in [-0.25, -0.2) is 9.91 Å². The van der Waals surface area contributed by atoms with Gasteiger partial charge in [-0.05, 0) is 54.2 Å². The van der Waals surface area contributed by atoms with E-state index in [1.165, 1.54) is 12.1 Å². The second-order valence-electron chi connectivity index (χ2n) is 11.0. The zero-order valence-corrected chi connectivity index (χ0v) is 23.6. The fraction of sp³-hybridized carbons (Fsp3) is 0.273. The molecule has 43 heavy (non-hydrogen) atoms. The van der Waals surface area contributed by atoms with Crippen molar-refractivity contribution in [1.29, 1.82) is 0 Å². The Bertz CT molecular complexity index is 1670. The number of benzene rings is 3. The van der Waals surface area contributed by atoms with Gasteiger partial charge in [0.2, 0.25) is 0 Å². The van der Waals surface area contributed by atoms with Crippen LogP contribution < -0.4 is 9.64 Å². The number of hydrazone groups is 1. The summed E-state index contributed by atoms with van der Waals surface area (Å²) in [5, 5.41) is 16.1. The minimum Gasteiger partial charge on any atom is -0.495 e. The second-order valence-corrected chi connectivity index (χ2v) is 11.0. The summed E-state index contributed by atoms with van der Waals surface area (Å²) in [5.41, 5.74) is 4.48. The Morgan fingerprint density at radius 3 is 2.42 bits per heavy atom. The molecule has 10 heteroatoms. The van der Waals surface area contributed by atoms with Gasteiger partial charge >= 0.3 is 0 Å². The maximum Gasteiger partial charge on any atom is 0.264 e. The first kappa shape index (κ1) is 26.8. The van der Waals surface area contributed by atoms with Crippen molar-refractivity contribution in [2.24, 2.45) is 21.4 Å². The molecule has 0 radical (unpaired) electrons. The maximum atomic E-state index is 14.0. The molecular formula is C33H30N6O4. The van der Waals surface area contributed by atoms with Crippen LogP contribution in [0.1, 0.15) is 36.4 Å². The molecule has 3 aromatic carbocycles. The van der Waals surface area contributed by atoms with E-state index in [1.807, 2.05) is 48.5 Å². The van der Waals surface area contributed by atoms with Crippen molar-refractivity contribution in [2.75, 3.05) is 18.6 Å². The fourth-order valence-corrected chi connectivity index (χ4v) is 6.56. The highest BCUT2D eigenvalue weighted by Crippen LogP contribution is 2.45. The number of hydrogen-bond donors (Lipinski definition) is 0. The predicted octanol–water partition coefficient (Wildman–Crippen LogP) is 4.81. The number of anilines is 1. The monoisotopic (exact) mass is 574 g/mol. The van der Waals surface area contributed by atoms with Crippen molar-refractivity contribution >= 4 is 35.2 Å². The summed E-state index contributed by atoms with van der Waals surface area (Å²) in [6.45, 7) is -0.242. The highest BCUT2D eigenvalue weighted by atomic mass is 16.5. The molecule has 216 valence electrons. The second kappa shape index (κ2) is 10.9. The summed E-state index contributed by atoms with van der Waals surface area (Å²) in [6.07, 6.45) is 4.94. The van der Waals surface area contributed by atoms with Crippen molar-refractivity contribution in [3.8, 4) is 5.75 Å². The number of amides is 3. The van der Waals surface area contributed by atoms with Crippen LogP contribution >= 0.6 is 0 Å². The van der Waals surface area contributed by atoms with Crippen LogP contribution in [0, 0.1) is 5.92 Å². The molecule has 4 atom stereocenters. The van der Waals surface area contributed by atoms with Gasteiger partial charge in [0.1, 0.15) is 12.3 Å². The molecule has 3 aromatic rings. The molecule has 4 aliphatic rings. The number of para-hydroxylation sites is 2. The summed E-state index contributed by atoms with van der Waals surface area (Å²) >= 11 is 0. The number of hydrogen-bond acceptors (Lipinski definition) is 8. The van der Waals surface area contributed by atoms with Gasteiger partial charge in [-0.3, -0.25) is 19.4 Å². The summed E-state index contributed by atoms with van der Waals surface area (Å²) in [7, 11) is 1.48. The minimum atomic E-state index is -1.02. The molecule has 1 aliphatic carbocycles. The third-order valence-corrected chi connectivity index (χ3v) is 8.52. The molecule has 0 unspecified atom stereocenters. The lowest BCUT2D eigenvalue weighted by Crippen LogP contribution is -2.45. The SMILES string of the molecule is COc1ccccc1N1C(=O)[C@H]2N=NN(CC(=O)N3N=C4/C(=C/c5ccccc5)CCC[C@H]4[C@H]3c3ccccc3)[C@@H]2C1=O. The van der Waals surface area contributed by atoms with E-state index in [9.17, 15) is 14.4 Å². The number of fused-ring (bicyclic) bond motifs is 2. The summed E-state index contributed by atoms with van der Waals surface area (Å²) in [4.78, 5) is 42.0. The number of rotatable bonds is 6. The Balaban J connectivity index is 1.18. The highest BCUT2D eigenvalue weighted by molar-refractivity contribution is 6.26. The summed E-state index contributed by atoms with van der Waals surface area (Å²) in [5.74, 6) is -0.872. The van der Waals surface area contributed by atoms with Gasteiger partial charge in [-0.15, -0.1) is 0 Å². The van der Waals surface area contributed by atoms with Gasteiger partial charge in [-0.1, -0.05) is 78.0 Å². The average Bonchev–Trinajstić information content (AvgIpc) is 3.71. The van der Waals surface area contributed by atoms with Crippen molar-refractivity contribution in [2.45, 2.75) is 37.4 Å². The molecule has 10 nitrogen and oxygen atoms in total. The Morgan fingerprint density at radius 2 is 1.65 bits per heavy atom. The average molecular weight is 575 g/mol. The Morgan fingerprint density at radius 1 is 0.930 bits per heavy atom. The number of carbonyl (C=O) groups excluding carboxylic acids is 3. The van der Waals surface area contributed by atoms with Gasteiger partial charge in [-0.2, -0.15) is 10.2 Å². The Hall–Kier alpha value is -5.12. The number of carbonyl (C=O) groups is 3. The number of methoxy groups -OCH3 is 1. The van der Waals surface area contributed by atoms with Crippen molar-refractivity contribution < 1.29 is 19.1 Å². The van der Waals surface area contributed by atoms with Gasteiger partial charge in [0, 0.05) is 5.92 Å². The zero-order valence-electron chi connectivity index (χ0n) is 23.6. The van der Waals surface area contributed by atoms with Crippen molar-refractivity contribution in [3.05, 3.63) is 102 Å². The van der Waals surface area contributed by atoms with Gasteiger partial charge in [0.05, 0.1) is 24.6 Å². The van der Waals surface area contributed by atoms with E-state index >= 15 is 0 Å². The fourth-order valence-electron chi connectivity index (χ4n) is 6.56. The van der Waals surface area contributed by atoms with Gasteiger partial charge in [0.15, 0.2) is 12.1 Å². The van der Waals surface area contributed by atoms with Crippen LogP contribution in [0.25, 0.3) is 6.08 Å². The molecule has 3 aliphatic heterocycles. The highest BCUT2D eigenvalue weighted by Gasteiger charge is 2.56. The van der Waals surface area contributed by atoms with Crippen molar-refractivity contribution in [3.63, 3.8) is 0 Å². The van der Waals surface area contributed by atoms with Crippen LogP contribution in [0.15, 0.2) is 106 Å². The Kier molecular flexibility index (Phi) is 6.81. The molecule has 2 fully saturated rings. The van der Waals surface area contributed by atoms with E-state index in [0.29, 0.717) is 11.4 Å². The zero-order chi connectivity index (χ0) is 29.5.